The van der Waals surface area contributed by atoms with Gasteiger partial charge in [0.2, 0.25) is 0 Å². The van der Waals surface area contributed by atoms with Gasteiger partial charge in [-0.3, -0.25) is 0 Å². The monoisotopic (exact) mass is 389 g/mol. The Balaban J connectivity index is 2.35. The zero-order valence-corrected chi connectivity index (χ0v) is 19.7. The molecule has 1 heterocycles. The first-order chi connectivity index (χ1) is 13.5. The van der Waals surface area contributed by atoms with Gasteiger partial charge in [-0.1, -0.05) is 86.6 Å². The molecular formula is C28H37O+. The summed E-state index contributed by atoms with van der Waals surface area (Å²) in [6.07, 6.45) is 2.26. The third kappa shape index (κ3) is 4.39. The van der Waals surface area contributed by atoms with Crippen LogP contribution in [-0.2, 0) is 0 Å². The summed E-state index contributed by atoms with van der Waals surface area (Å²) < 4.78 is 6.65. The van der Waals surface area contributed by atoms with Crippen molar-refractivity contribution < 1.29 is 4.42 Å². The van der Waals surface area contributed by atoms with Crippen LogP contribution in [0.5, 0.6) is 0 Å². The fourth-order valence-electron chi connectivity index (χ4n) is 4.02. The van der Waals surface area contributed by atoms with Gasteiger partial charge in [0, 0.05) is 6.08 Å². The van der Waals surface area contributed by atoms with E-state index in [-0.39, 0.29) is 5.41 Å². The highest BCUT2D eigenvalue weighted by Crippen LogP contribution is 2.39. The van der Waals surface area contributed by atoms with E-state index in [1.54, 1.807) is 0 Å². The van der Waals surface area contributed by atoms with Crippen LogP contribution in [0.1, 0.15) is 118 Å². The number of carbonyl (C=O) groups excluding carboxylic acids is 1. The van der Waals surface area contributed by atoms with E-state index < -0.39 is 0 Å². The van der Waals surface area contributed by atoms with Crippen LogP contribution in [0.25, 0.3) is 5.76 Å². The Hall–Kier alpha value is -2.15. The number of benzene rings is 2. The minimum absolute atomic E-state index is 0.0567. The molecule has 0 amide bonds. The molecule has 1 aliphatic heterocycles. The molecular weight excluding hydrogens is 352 g/mol. The Morgan fingerprint density at radius 3 is 1.72 bits per heavy atom. The SMILES string of the molecule is CC(C)c1cc(C(C)C)c(C2=[O+]/C(=C\C(C)(C)C)c3ccccc32)c(C(C)C)c1. The van der Waals surface area contributed by atoms with Crippen LogP contribution < -0.4 is 0 Å². The average Bonchev–Trinajstić information content (AvgIpc) is 2.97. The van der Waals surface area contributed by atoms with Crippen molar-refractivity contribution in [2.45, 2.75) is 80.1 Å². The molecule has 3 rings (SSSR count). The van der Waals surface area contributed by atoms with Crippen LogP contribution >= 0.6 is 0 Å². The predicted molar refractivity (Wildman–Crippen MR) is 126 cm³/mol. The van der Waals surface area contributed by atoms with Crippen molar-refractivity contribution in [3.63, 3.8) is 0 Å². The Kier molecular flexibility index (Phi) is 5.90. The van der Waals surface area contributed by atoms with Crippen LogP contribution in [0.2, 0.25) is 0 Å². The van der Waals surface area contributed by atoms with E-state index >= 15 is 0 Å². The van der Waals surface area contributed by atoms with E-state index in [9.17, 15) is 0 Å². The summed E-state index contributed by atoms with van der Waals surface area (Å²) in [4.78, 5) is 0. The molecule has 0 atom stereocenters. The lowest BCUT2D eigenvalue weighted by Crippen LogP contribution is -2.13. The Morgan fingerprint density at radius 2 is 1.28 bits per heavy atom. The number of allylic oxidation sites excluding steroid dienone is 1. The summed E-state index contributed by atoms with van der Waals surface area (Å²) in [7, 11) is 0. The summed E-state index contributed by atoms with van der Waals surface area (Å²) in [6, 6.07) is 13.4. The van der Waals surface area contributed by atoms with Gasteiger partial charge >= 0.3 is 11.5 Å². The van der Waals surface area contributed by atoms with Gasteiger partial charge in [0.05, 0.1) is 16.7 Å². The molecule has 1 nitrogen and oxygen atoms in total. The Labute approximate surface area is 177 Å². The summed E-state index contributed by atoms with van der Waals surface area (Å²) in [5.74, 6) is 3.39. The van der Waals surface area contributed by atoms with Gasteiger partial charge in [-0.25, -0.2) is 4.42 Å². The normalized spacial score (nSPS) is 15.6. The smallest absolute Gasteiger partial charge is 0.206 e. The largest absolute Gasteiger partial charge is 0.369 e. The van der Waals surface area contributed by atoms with Crippen molar-refractivity contribution in [2.24, 2.45) is 5.41 Å². The van der Waals surface area contributed by atoms with Crippen LogP contribution in [0, 0.1) is 5.41 Å². The second-order valence-electron chi connectivity index (χ2n) is 10.4. The zero-order chi connectivity index (χ0) is 21.5. The molecule has 0 N–H and O–H groups in total. The summed E-state index contributed by atoms with van der Waals surface area (Å²) in [5.41, 5.74) is 7.96. The second-order valence-corrected chi connectivity index (χ2v) is 10.4. The fraction of sp³-hybridized carbons (Fsp3) is 0.464. The van der Waals surface area contributed by atoms with Crippen LogP contribution in [0.4, 0.5) is 0 Å². The lowest BCUT2D eigenvalue weighted by atomic mass is 9.81. The molecule has 2 aromatic carbocycles. The molecule has 0 fully saturated rings. The van der Waals surface area contributed by atoms with Crippen molar-refractivity contribution >= 4 is 11.5 Å². The molecule has 0 aliphatic carbocycles. The van der Waals surface area contributed by atoms with Gasteiger partial charge in [0.15, 0.2) is 0 Å². The van der Waals surface area contributed by atoms with E-state index in [1.807, 2.05) is 0 Å². The predicted octanol–water partition coefficient (Wildman–Crippen LogP) is 8.22. The topological polar surface area (TPSA) is 11.3 Å². The second kappa shape index (κ2) is 7.94. The maximum absolute atomic E-state index is 6.65. The minimum atomic E-state index is 0.0567. The summed E-state index contributed by atoms with van der Waals surface area (Å²) in [5, 5.41) is 0. The molecule has 0 aromatic heterocycles. The van der Waals surface area contributed by atoms with E-state index in [1.165, 1.54) is 33.4 Å². The fourth-order valence-corrected chi connectivity index (χ4v) is 4.02. The highest BCUT2D eigenvalue weighted by atomic mass is 16.4. The first-order valence-electron chi connectivity index (χ1n) is 11.0. The zero-order valence-electron chi connectivity index (χ0n) is 19.7. The Bertz CT molecular complexity index is 933. The molecule has 0 radical (unpaired) electrons. The van der Waals surface area contributed by atoms with Crippen molar-refractivity contribution in [3.8, 4) is 0 Å². The third-order valence-corrected chi connectivity index (χ3v) is 5.57. The molecule has 0 bridgehead atoms. The minimum Gasteiger partial charge on any atom is -0.206 e. The van der Waals surface area contributed by atoms with Crippen molar-refractivity contribution in [1.82, 2.24) is 0 Å². The molecule has 1 aliphatic rings. The quantitative estimate of drug-likeness (QED) is 0.467. The first-order valence-corrected chi connectivity index (χ1v) is 11.0. The molecule has 2 aromatic rings. The lowest BCUT2D eigenvalue weighted by molar-refractivity contribution is -0.135. The molecule has 1 heteroatoms. The maximum atomic E-state index is 6.65. The third-order valence-electron chi connectivity index (χ3n) is 5.57. The van der Waals surface area contributed by atoms with Gasteiger partial charge in [-0.15, -0.1) is 0 Å². The van der Waals surface area contributed by atoms with Gasteiger partial charge < -0.3 is 0 Å². The van der Waals surface area contributed by atoms with Crippen LogP contribution in [0.15, 0.2) is 42.5 Å². The molecule has 0 saturated carbocycles. The molecule has 0 unspecified atom stereocenters. The Morgan fingerprint density at radius 1 is 0.759 bits per heavy atom. The van der Waals surface area contributed by atoms with Gasteiger partial charge in [-0.05, 0) is 52.0 Å². The highest BCUT2D eigenvalue weighted by Gasteiger charge is 2.39. The maximum Gasteiger partial charge on any atom is 0.369 e. The van der Waals surface area contributed by atoms with Gasteiger partial charge in [0.25, 0.3) is 0 Å². The summed E-state index contributed by atoms with van der Waals surface area (Å²) in [6.45, 7) is 20.4. The number of fused-ring (bicyclic) bond motifs is 1. The first kappa shape index (κ1) is 21.6. The number of rotatable bonds is 4. The van der Waals surface area contributed by atoms with Crippen molar-refractivity contribution in [1.29, 1.82) is 0 Å². The summed E-state index contributed by atoms with van der Waals surface area (Å²) >= 11 is 0. The molecule has 0 spiro atoms. The van der Waals surface area contributed by atoms with Crippen LogP contribution in [0.3, 0.4) is 0 Å². The van der Waals surface area contributed by atoms with Crippen molar-refractivity contribution in [2.75, 3.05) is 0 Å². The lowest BCUT2D eigenvalue weighted by Gasteiger charge is -2.20. The average molecular weight is 390 g/mol. The van der Waals surface area contributed by atoms with E-state index in [4.69, 9.17) is 4.42 Å². The highest BCUT2D eigenvalue weighted by molar-refractivity contribution is 6.16. The molecule has 29 heavy (non-hydrogen) atoms. The van der Waals surface area contributed by atoms with E-state index in [0.717, 1.165) is 11.5 Å². The van der Waals surface area contributed by atoms with Gasteiger partial charge in [-0.2, -0.15) is 0 Å². The number of hydrogen-bond donors (Lipinski definition) is 0. The van der Waals surface area contributed by atoms with E-state index in [0.29, 0.717) is 17.8 Å². The molecule has 0 saturated heterocycles. The standard InChI is InChI=1S/C28H37O/c1-17(2)20-14-23(18(3)4)26(24(15-20)19(5)6)27-22-13-11-10-12-21(22)25(29-27)16-28(7,8)9/h10-19H,1-9H3/q+1/b25-16-. The van der Waals surface area contributed by atoms with E-state index in [2.05, 4.69) is 105 Å². The van der Waals surface area contributed by atoms with Crippen LogP contribution in [-0.4, -0.2) is 5.78 Å². The van der Waals surface area contributed by atoms with Crippen molar-refractivity contribution in [3.05, 3.63) is 75.9 Å². The van der Waals surface area contributed by atoms with Gasteiger partial charge in [0.1, 0.15) is 0 Å². The molecule has 154 valence electrons. The number of ketones is 1. The number of hydrogen-bond acceptors (Lipinski definition) is 0.